The molecule has 0 unspecified atom stereocenters. The predicted molar refractivity (Wildman–Crippen MR) is 108 cm³/mol. The Hall–Kier alpha value is -2.78. The van der Waals surface area contributed by atoms with Gasteiger partial charge >= 0.3 is 0 Å². The zero-order valence-corrected chi connectivity index (χ0v) is 17.2. The summed E-state index contributed by atoms with van der Waals surface area (Å²) in [5, 5.41) is 9.68. The number of rotatable bonds is 2. The van der Waals surface area contributed by atoms with E-state index in [1.165, 1.54) is 0 Å². The largest absolute Gasteiger partial charge is 0.460 e. The summed E-state index contributed by atoms with van der Waals surface area (Å²) in [6, 6.07) is 13.5. The van der Waals surface area contributed by atoms with Crippen LogP contribution < -0.4 is 5.73 Å². The number of ether oxygens (including phenoxy) is 1. The number of furan rings is 1. The molecule has 1 aliphatic heterocycles. The monoisotopic (exact) mass is 438 g/mol. The molecule has 2 heterocycles. The smallest absolute Gasteiger partial charge is 0.205 e. The molecule has 1 atom stereocenters. The van der Waals surface area contributed by atoms with E-state index in [4.69, 9.17) is 14.9 Å². The molecule has 2 aliphatic rings. The van der Waals surface area contributed by atoms with Crippen LogP contribution >= 0.6 is 15.9 Å². The van der Waals surface area contributed by atoms with Crippen molar-refractivity contribution in [2.24, 2.45) is 11.1 Å². The van der Waals surface area contributed by atoms with Crippen molar-refractivity contribution in [2.45, 2.75) is 32.6 Å². The summed E-state index contributed by atoms with van der Waals surface area (Å²) in [6.45, 7) is 4.04. The van der Waals surface area contributed by atoms with Crippen LogP contribution in [0, 0.1) is 16.7 Å². The minimum absolute atomic E-state index is 0.0295. The Labute approximate surface area is 171 Å². The van der Waals surface area contributed by atoms with Gasteiger partial charge in [-0.1, -0.05) is 41.9 Å². The van der Waals surface area contributed by atoms with Gasteiger partial charge in [0.2, 0.25) is 5.88 Å². The summed E-state index contributed by atoms with van der Waals surface area (Å²) in [7, 11) is 0. The minimum atomic E-state index is -0.637. The molecule has 1 aromatic carbocycles. The van der Waals surface area contributed by atoms with E-state index in [-0.39, 0.29) is 22.7 Å². The van der Waals surface area contributed by atoms with Crippen LogP contribution in [-0.2, 0) is 9.53 Å². The molecule has 0 fully saturated rings. The highest BCUT2D eigenvalue weighted by molar-refractivity contribution is 9.10. The molecule has 0 saturated carbocycles. The number of hydrogen-bond acceptors (Lipinski definition) is 5. The lowest BCUT2D eigenvalue weighted by Crippen LogP contribution is -2.33. The van der Waals surface area contributed by atoms with E-state index in [0.717, 1.165) is 10.0 Å². The number of benzene rings is 1. The van der Waals surface area contributed by atoms with Gasteiger partial charge in [0, 0.05) is 28.5 Å². The first kappa shape index (κ1) is 18.6. The van der Waals surface area contributed by atoms with Crippen molar-refractivity contribution < 1.29 is 13.9 Å². The molecule has 4 rings (SSSR count). The van der Waals surface area contributed by atoms with Gasteiger partial charge in [-0.05, 0) is 29.7 Å². The average molecular weight is 439 g/mol. The minimum Gasteiger partial charge on any atom is -0.460 e. The number of carbonyl (C=O) groups excluding carboxylic acids is 1. The van der Waals surface area contributed by atoms with E-state index < -0.39 is 5.92 Å². The zero-order valence-electron chi connectivity index (χ0n) is 15.6. The second-order valence-electron chi connectivity index (χ2n) is 7.91. The van der Waals surface area contributed by atoms with Crippen molar-refractivity contribution in [1.82, 2.24) is 0 Å². The van der Waals surface area contributed by atoms with E-state index in [0.29, 0.717) is 35.7 Å². The summed E-state index contributed by atoms with van der Waals surface area (Å²) in [6.07, 6.45) is 0.981. The molecule has 0 spiro atoms. The van der Waals surface area contributed by atoms with E-state index in [1.54, 1.807) is 6.07 Å². The Kier molecular flexibility index (Phi) is 4.43. The summed E-state index contributed by atoms with van der Waals surface area (Å²) in [4.78, 5) is 13.0. The Morgan fingerprint density at radius 3 is 2.57 bits per heavy atom. The molecule has 0 radical (unpaired) electrons. The molecule has 0 saturated heterocycles. The maximum atomic E-state index is 13.0. The Morgan fingerprint density at radius 1 is 1.18 bits per heavy atom. The van der Waals surface area contributed by atoms with Gasteiger partial charge in [0.1, 0.15) is 28.9 Å². The lowest BCUT2D eigenvalue weighted by atomic mass is 9.71. The number of nitriles is 1. The third-order valence-electron chi connectivity index (χ3n) is 5.12. The molecule has 1 aliphatic carbocycles. The Balaban J connectivity index is 1.81. The highest BCUT2D eigenvalue weighted by atomic mass is 79.9. The van der Waals surface area contributed by atoms with Gasteiger partial charge in [-0.3, -0.25) is 4.79 Å². The van der Waals surface area contributed by atoms with Crippen LogP contribution in [0.25, 0.3) is 11.3 Å². The van der Waals surface area contributed by atoms with Crippen LogP contribution in [0.5, 0.6) is 0 Å². The summed E-state index contributed by atoms with van der Waals surface area (Å²) in [5.41, 5.74) is 7.43. The van der Waals surface area contributed by atoms with Crippen molar-refractivity contribution in [1.29, 1.82) is 5.26 Å². The third kappa shape index (κ3) is 3.16. The molecule has 5 nitrogen and oxygen atoms in total. The van der Waals surface area contributed by atoms with Gasteiger partial charge in [0.15, 0.2) is 5.78 Å². The molecular weight excluding hydrogens is 420 g/mol. The molecule has 28 heavy (non-hydrogen) atoms. The van der Waals surface area contributed by atoms with Crippen molar-refractivity contribution >= 4 is 21.7 Å². The molecule has 0 amide bonds. The molecule has 1 aromatic heterocycles. The Morgan fingerprint density at radius 2 is 1.89 bits per heavy atom. The van der Waals surface area contributed by atoms with Gasteiger partial charge in [-0.15, -0.1) is 0 Å². The van der Waals surface area contributed by atoms with E-state index in [1.807, 2.05) is 44.2 Å². The first-order valence-corrected chi connectivity index (χ1v) is 9.78. The molecule has 2 N–H and O–H groups in total. The summed E-state index contributed by atoms with van der Waals surface area (Å²) in [5.74, 6) is 1.10. The van der Waals surface area contributed by atoms with Crippen molar-refractivity contribution in [3.05, 3.63) is 69.4 Å². The zero-order chi connectivity index (χ0) is 20.1. The van der Waals surface area contributed by atoms with E-state index >= 15 is 0 Å². The number of halogens is 1. The van der Waals surface area contributed by atoms with Gasteiger partial charge in [0.05, 0.1) is 5.92 Å². The topological polar surface area (TPSA) is 89.2 Å². The van der Waals surface area contributed by atoms with Crippen molar-refractivity contribution in [2.75, 3.05) is 0 Å². The fourth-order valence-corrected chi connectivity index (χ4v) is 4.11. The first-order chi connectivity index (χ1) is 13.3. The number of nitrogens with two attached hydrogens (primary N) is 1. The number of ketones is 1. The highest BCUT2D eigenvalue weighted by Gasteiger charge is 2.44. The first-order valence-electron chi connectivity index (χ1n) is 8.98. The van der Waals surface area contributed by atoms with Crippen LogP contribution in [0.3, 0.4) is 0 Å². The second-order valence-corrected chi connectivity index (χ2v) is 8.83. The highest BCUT2D eigenvalue weighted by Crippen LogP contribution is 2.48. The molecule has 6 heteroatoms. The maximum Gasteiger partial charge on any atom is 0.205 e. The second kappa shape index (κ2) is 6.68. The summed E-state index contributed by atoms with van der Waals surface area (Å²) < 4.78 is 12.8. The molecular formula is C22H19BrN2O3. The molecule has 0 bridgehead atoms. The SMILES string of the molecule is CC1(C)CC(=O)C2=C(C1)OC(N)=C(C#N)[C@H]2c1ccc(-c2ccc(Br)cc2)o1. The molecule has 142 valence electrons. The quantitative estimate of drug-likeness (QED) is 0.698. The lowest BCUT2D eigenvalue weighted by molar-refractivity contribution is -0.119. The van der Waals surface area contributed by atoms with E-state index in [9.17, 15) is 10.1 Å². The standard InChI is InChI=1S/C22H19BrN2O3/c1-22(2)9-15(26)20-18(10-22)28-21(25)14(11-24)19(20)17-8-7-16(27-17)12-3-5-13(23)6-4-12/h3-8,19H,9-10,25H2,1-2H3/t19-/m0/s1. The van der Waals surface area contributed by atoms with Crippen LogP contribution in [0.4, 0.5) is 0 Å². The average Bonchev–Trinajstić information content (AvgIpc) is 3.09. The van der Waals surface area contributed by atoms with Gasteiger partial charge < -0.3 is 14.9 Å². The van der Waals surface area contributed by atoms with Crippen LogP contribution in [0.1, 0.15) is 38.4 Å². The number of carbonyl (C=O) groups is 1. The Bertz CT molecular complexity index is 1070. The fourth-order valence-electron chi connectivity index (χ4n) is 3.85. The maximum absolute atomic E-state index is 13.0. The van der Waals surface area contributed by atoms with E-state index in [2.05, 4.69) is 22.0 Å². The third-order valence-corrected chi connectivity index (χ3v) is 5.64. The normalized spacial score (nSPS) is 21.2. The van der Waals surface area contributed by atoms with Crippen LogP contribution in [-0.4, -0.2) is 5.78 Å². The van der Waals surface area contributed by atoms with Crippen molar-refractivity contribution in [3.63, 3.8) is 0 Å². The number of allylic oxidation sites excluding steroid dienone is 3. The number of Topliss-reactive ketones (excluding diaryl/α,β-unsaturated/α-hetero) is 1. The van der Waals surface area contributed by atoms with Gasteiger partial charge in [-0.25, -0.2) is 0 Å². The number of nitrogens with zero attached hydrogens (tertiary/aromatic N) is 1. The van der Waals surface area contributed by atoms with Gasteiger partial charge in [0.25, 0.3) is 0 Å². The predicted octanol–water partition coefficient (Wildman–Crippen LogP) is 5.16. The molecule has 2 aromatic rings. The van der Waals surface area contributed by atoms with Crippen molar-refractivity contribution in [3.8, 4) is 17.4 Å². The summed E-state index contributed by atoms with van der Waals surface area (Å²) >= 11 is 3.42. The fraction of sp³-hybridized carbons (Fsp3) is 0.273. The van der Waals surface area contributed by atoms with Gasteiger partial charge in [-0.2, -0.15) is 5.26 Å². The van der Waals surface area contributed by atoms with Crippen LogP contribution in [0.15, 0.2) is 68.1 Å². The van der Waals surface area contributed by atoms with Crippen LogP contribution in [0.2, 0.25) is 0 Å². The number of hydrogen-bond donors (Lipinski definition) is 1. The lowest BCUT2D eigenvalue weighted by Gasteiger charge is -2.36.